The molecule has 1 saturated carbocycles. The van der Waals surface area contributed by atoms with Crippen LogP contribution in [0.1, 0.15) is 32.6 Å². The molecule has 1 aliphatic carbocycles. The molecule has 1 unspecified atom stereocenters. The Morgan fingerprint density at radius 2 is 2.14 bits per heavy atom. The number of anilines is 1. The molecule has 0 bridgehead atoms. The summed E-state index contributed by atoms with van der Waals surface area (Å²) in [6, 6.07) is 4.94. The highest BCUT2D eigenvalue weighted by atomic mass is 35.5. The normalized spacial score (nSPS) is 16.3. The van der Waals surface area contributed by atoms with E-state index in [4.69, 9.17) is 21.1 Å². The summed E-state index contributed by atoms with van der Waals surface area (Å²) in [5, 5.41) is 6.03. The molecule has 0 saturated heterocycles. The fraction of sp³-hybridized carbons (Fsp3) is 0.562. The van der Waals surface area contributed by atoms with E-state index in [0.29, 0.717) is 23.1 Å². The molecule has 0 aromatic heterocycles. The SMILES string of the molecule is COCC(C)NC(=O)Nc1ccc(OC2CCCC2)c(Cl)c1. The first-order chi connectivity index (χ1) is 10.6. The lowest BCUT2D eigenvalue weighted by atomic mass is 10.2. The van der Waals surface area contributed by atoms with Gasteiger partial charge in [0, 0.05) is 12.8 Å². The van der Waals surface area contributed by atoms with E-state index in [2.05, 4.69) is 10.6 Å². The lowest BCUT2D eigenvalue weighted by Gasteiger charge is -2.16. The van der Waals surface area contributed by atoms with Gasteiger partial charge < -0.3 is 20.1 Å². The number of nitrogens with one attached hydrogen (secondary N) is 2. The summed E-state index contributed by atoms with van der Waals surface area (Å²) >= 11 is 6.23. The Bertz CT molecular complexity index is 504. The summed E-state index contributed by atoms with van der Waals surface area (Å²) in [4.78, 5) is 11.8. The molecule has 1 aromatic carbocycles. The maximum atomic E-state index is 11.8. The molecule has 1 aromatic rings. The Labute approximate surface area is 136 Å². The summed E-state index contributed by atoms with van der Waals surface area (Å²) in [6.07, 6.45) is 4.84. The zero-order valence-corrected chi connectivity index (χ0v) is 13.8. The van der Waals surface area contributed by atoms with Crippen molar-refractivity contribution >= 4 is 23.3 Å². The molecule has 122 valence electrons. The summed E-state index contributed by atoms with van der Waals surface area (Å²) in [6.45, 7) is 2.33. The number of amides is 2. The van der Waals surface area contributed by atoms with Crippen molar-refractivity contribution in [1.82, 2.24) is 5.32 Å². The van der Waals surface area contributed by atoms with Crippen LogP contribution in [0.2, 0.25) is 5.02 Å². The average molecular weight is 327 g/mol. The molecule has 22 heavy (non-hydrogen) atoms. The molecule has 0 radical (unpaired) electrons. The van der Waals surface area contributed by atoms with E-state index in [1.807, 2.05) is 6.92 Å². The number of ether oxygens (including phenoxy) is 2. The number of methoxy groups -OCH3 is 1. The van der Waals surface area contributed by atoms with E-state index in [0.717, 1.165) is 12.8 Å². The van der Waals surface area contributed by atoms with Gasteiger partial charge in [0.05, 0.1) is 23.8 Å². The zero-order valence-electron chi connectivity index (χ0n) is 13.0. The minimum Gasteiger partial charge on any atom is -0.489 e. The standard InChI is InChI=1S/C16H23ClN2O3/c1-11(10-21-2)18-16(20)19-12-7-8-15(14(17)9-12)22-13-5-3-4-6-13/h7-9,11,13H,3-6,10H2,1-2H3,(H2,18,19,20). The van der Waals surface area contributed by atoms with Gasteiger partial charge >= 0.3 is 6.03 Å². The largest absolute Gasteiger partial charge is 0.489 e. The van der Waals surface area contributed by atoms with Crippen molar-refractivity contribution in [3.8, 4) is 5.75 Å². The molecule has 1 atom stereocenters. The third-order valence-electron chi connectivity index (χ3n) is 3.58. The number of benzene rings is 1. The highest BCUT2D eigenvalue weighted by Crippen LogP contribution is 2.31. The quantitative estimate of drug-likeness (QED) is 0.835. The minimum absolute atomic E-state index is 0.0644. The number of urea groups is 1. The van der Waals surface area contributed by atoms with Crippen LogP contribution in [-0.4, -0.2) is 31.9 Å². The van der Waals surface area contributed by atoms with Gasteiger partial charge in [-0.1, -0.05) is 11.6 Å². The molecule has 1 fully saturated rings. The molecule has 6 heteroatoms. The van der Waals surface area contributed by atoms with E-state index in [9.17, 15) is 4.79 Å². The summed E-state index contributed by atoms with van der Waals surface area (Å²) in [7, 11) is 1.60. The van der Waals surface area contributed by atoms with Crippen molar-refractivity contribution in [1.29, 1.82) is 0 Å². The fourth-order valence-electron chi connectivity index (χ4n) is 2.54. The van der Waals surface area contributed by atoms with Crippen LogP contribution in [0.15, 0.2) is 18.2 Å². The zero-order chi connectivity index (χ0) is 15.9. The predicted octanol–water partition coefficient (Wildman–Crippen LogP) is 3.82. The maximum Gasteiger partial charge on any atom is 0.319 e. The van der Waals surface area contributed by atoms with Gasteiger partial charge in [-0.3, -0.25) is 0 Å². The Morgan fingerprint density at radius 3 is 2.77 bits per heavy atom. The molecule has 2 rings (SSSR count). The third-order valence-corrected chi connectivity index (χ3v) is 3.88. The Morgan fingerprint density at radius 1 is 1.41 bits per heavy atom. The van der Waals surface area contributed by atoms with E-state index in [-0.39, 0.29) is 18.2 Å². The van der Waals surface area contributed by atoms with Gasteiger partial charge in [-0.2, -0.15) is 0 Å². The molecule has 2 amide bonds. The van der Waals surface area contributed by atoms with Crippen LogP contribution in [0.25, 0.3) is 0 Å². The van der Waals surface area contributed by atoms with Crippen LogP contribution < -0.4 is 15.4 Å². The van der Waals surface area contributed by atoms with Gasteiger partial charge in [0.15, 0.2) is 0 Å². The Hall–Kier alpha value is -1.46. The van der Waals surface area contributed by atoms with Crippen LogP contribution in [0.5, 0.6) is 5.75 Å². The van der Waals surface area contributed by atoms with E-state index in [1.54, 1.807) is 25.3 Å². The topological polar surface area (TPSA) is 59.6 Å². The van der Waals surface area contributed by atoms with Crippen LogP contribution >= 0.6 is 11.6 Å². The number of carbonyl (C=O) groups is 1. The van der Waals surface area contributed by atoms with Crippen molar-refractivity contribution in [2.45, 2.75) is 44.8 Å². The molecule has 0 spiro atoms. The average Bonchev–Trinajstić information content (AvgIpc) is 2.95. The second kappa shape index (κ2) is 8.25. The molecule has 2 N–H and O–H groups in total. The van der Waals surface area contributed by atoms with Gasteiger partial charge in [-0.05, 0) is 50.8 Å². The number of rotatable bonds is 6. The van der Waals surface area contributed by atoms with E-state index >= 15 is 0 Å². The third kappa shape index (κ3) is 5.07. The summed E-state index contributed by atoms with van der Waals surface area (Å²) < 4.78 is 10.9. The van der Waals surface area contributed by atoms with Gasteiger partial charge in [0.25, 0.3) is 0 Å². The van der Waals surface area contributed by atoms with Crippen LogP contribution in [0, 0.1) is 0 Å². The predicted molar refractivity (Wildman–Crippen MR) is 87.8 cm³/mol. The molecule has 0 heterocycles. The smallest absolute Gasteiger partial charge is 0.319 e. The molecule has 0 aliphatic heterocycles. The Kier molecular flexibility index (Phi) is 6.34. The van der Waals surface area contributed by atoms with Crippen LogP contribution in [-0.2, 0) is 4.74 Å². The maximum absolute atomic E-state index is 11.8. The summed E-state index contributed by atoms with van der Waals surface area (Å²) in [5.41, 5.74) is 0.630. The first-order valence-electron chi connectivity index (χ1n) is 7.61. The summed E-state index contributed by atoms with van der Waals surface area (Å²) in [5.74, 6) is 0.673. The molecular formula is C16H23ClN2O3. The first-order valence-corrected chi connectivity index (χ1v) is 7.99. The second-order valence-electron chi connectivity index (χ2n) is 5.62. The molecule has 5 nitrogen and oxygen atoms in total. The van der Waals surface area contributed by atoms with Crippen molar-refractivity contribution in [2.24, 2.45) is 0 Å². The van der Waals surface area contributed by atoms with Crippen molar-refractivity contribution in [3.05, 3.63) is 23.2 Å². The Balaban J connectivity index is 1.89. The van der Waals surface area contributed by atoms with Gasteiger partial charge in [0.1, 0.15) is 5.75 Å². The van der Waals surface area contributed by atoms with Gasteiger partial charge in [-0.25, -0.2) is 4.79 Å². The minimum atomic E-state index is -0.287. The van der Waals surface area contributed by atoms with Crippen LogP contribution in [0.4, 0.5) is 10.5 Å². The van der Waals surface area contributed by atoms with Crippen molar-refractivity contribution < 1.29 is 14.3 Å². The highest BCUT2D eigenvalue weighted by Gasteiger charge is 2.18. The fourth-order valence-corrected chi connectivity index (χ4v) is 2.77. The number of hydrogen-bond acceptors (Lipinski definition) is 3. The monoisotopic (exact) mass is 326 g/mol. The lowest BCUT2D eigenvalue weighted by Crippen LogP contribution is -2.38. The van der Waals surface area contributed by atoms with E-state index in [1.165, 1.54) is 12.8 Å². The lowest BCUT2D eigenvalue weighted by molar-refractivity contribution is 0.173. The molecule has 1 aliphatic rings. The van der Waals surface area contributed by atoms with E-state index < -0.39 is 0 Å². The van der Waals surface area contributed by atoms with Gasteiger partial charge in [-0.15, -0.1) is 0 Å². The van der Waals surface area contributed by atoms with Gasteiger partial charge in [0.2, 0.25) is 0 Å². The molecular weight excluding hydrogens is 304 g/mol. The number of hydrogen-bond donors (Lipinski definition) is 2. The second-order valence-corrected chi connectivity index (χ2v) is 6.03. The van der Waals surface area contributed by atoms with Crippen molar-refractivity contribution in [3.63, 3.8) is 0 Å². The number of carbonyl (C=O) groups excluding carboxylic acids is 1. The van der Waals surface area contributed by atoms with Crippen LogP contribution in [0.3, 0.4) is 0 Å². The highest BCUT2D eigenvalue weighted by molar-refractivity contribution is 6.32. The first kappa shape index (κ1) is 16.9. The van der Waals surface area contributed by atoms with Crippen molar-refractivity contribution in [2.75, 3.05) is 19.0 Å². The number of halogens is 1.